The molecule has 0 saturated carbocycles. The van der Waals surface area contributed by atoms with E-state index in [0.29, 0.717) is 11.3 Å². The predicted molar refractivity (Wildman–Crippen MR) is 103 cm³/mol. The molecule has 1 amide bonds. The van der Waals surface area contributed by atoms with Gasteiger partial charge in [-0.15, -0.1) is 0 Å². The number of carbonyl (C=O) groups excluding carboxylic acids is 1. The van der Waals surface area contributed by atoms with Crippen LogP contribution in [0.1, 0.15) is 16.7 Å². The first-order chi connectivity index (χ1) is 12.8. The molecule has 0 saturated heterocycles. The molecule has 1 N–H and O–H groups in total. The lowest BCUT2D eigenvalue weighted by Gasteiger charge is -2.28. The number of carbonyl (C=O) groups is 1. The average Bonchev–Trinajstić information content (AvgIpc) is 2.72. The Labute approximate surface area is 152 Å². The molecular formula is C23H17NO2. The van der Waals surface area contributed by atoms with E-state index in [-0.39, 0.29) is 0 Å². The van der Waals surface area contributed by atoms with E-state index in [1.54, 1.807) is 0 Å². The lowest BCUT2D eigenvalue weighted by molar-refractivity contribution is -0.676. The van der Waals surface area contributed by atoms with E-state index < -0.39 is 11.0 Å². The third kappa shape index (κ3) is 2.90. The van der Waals surface area contributed by atoms with E-state index in [4.69, 9.17) is 0 Å². The molecule has 3 aromatic carbocycles. The fourth-order valence-corrected chi connectivity index (χ4v) is 3.21. The van der Waals surface area contributed by atoms with Crippen LogP contribution < -0.4 is 5.06 Å². The van der Waals surface area contributed by atoms with Crippen LogP contribution in [0, 0.1) is 5.21 Å². The SMILES string of the molecule is O=C1C(c2ccccc2)=C(c2ccccc2)C=C(c2ccccc2)[NH+]1[O-]. The maximum atomic E-state index is 13.0. The Kier molecular flexibility index (Phi) is 4.32. The van der Waals surface area contributed by atoms with Crippen LogP contribution in [0.25, 0.3) is 16.8 Å². The van der Waals surface area contributed by atoms with E-state index in [9.17, 15) is 10.0 Å². The number of benzene rings is 3. The number of rotatable bonds is 3. The number of hydrogen-bond acceptors (Lipinski definition) is 2. The standard InChI is InChI=1S/C23H17NO2/c25-23-22(19-14-8-3-9-15-19)20(17-10-4-1-5-11-17)16-21(24(23)26)18-12-6-2-7-13-18/h1-16,24H. The van der Waals surface area contributed by atoms with Gasteiger partial charge in [0.05, 0.1) is 5.57 Å². The van der Waals surface area contributed by atoms with Gasteiger partial charge in [0.2, 0.25) is 0 Å². The molecule has 1 atom stereocenters. The van der Waals surface area contributed by atoms with Gasteiger partial charge in [-0.2, -0.15) is 0 Å². The van der Waals surface area contributed by atoms with E-state index in [1.165, 1.54) is 0 Å². The van der Waals surface area contributed by atoms with Crippen molar-refractivity contribution in [2.75, 3.05) is 0 Å². The van der Waals surface area contributed by atoms with Gasteiger partial charge in [-0.25, -0.2) is 4.79 Å². The first-order valence-electron chi connectivity index (χ1n) is 8.47. The van der Waals surface area contributed by atoms with E-state index in [2.05, 4.69) is 0 Å². The molecule has 0 bridgehead atoms. The number of allylic oxidation sites excluding steroid dienone is 2. The smallest absolute Gasteiger partial charge is 0.350 e. The fourth-order valence-electron chi connectivity index (χ4n) is 3.21. The number of hydrogen-bond donors (Lipinski definition) is 1. The second kappa shape index (κ2) is 6.92. The summed E-state index contributed by atoms with van der Waals surface area (Å²) in [5.41, 5.74) is 4.11. The molecule has 1 heterocycles. The zero-order valence-corrected chi connectivity index (χ0v) is 14.1. The van der Waals surface area contributed by atoms with Gasteiger partial charge in [0.25, 0.3) is 0 Å². The lowest BCUT2D eigenvalue weighted by atomic mass is 9.89. The van der Waals surface area contributed by atoms with E-state index >= 15 is 0 Å². The molecule has 1 aliphatic heterocycles. The van der Waals surface area contributed by atoms with Crippen molar-refractivity contribution < 1.29 is 9.86 Å². The molecule has 0 fully saturated rings. The number of nitrogens with one attached hydrogen (secondary N) is 1. The first-order valence-corrected chi connectivity index (χ1v) is 8.47. The highest BCUT2D eigenvalue weighted by Gasteiger charge is 2.31. The molecule has 26 heavy (non-hydrogen) atoms. The Balaban J connectivity index is 1.98. The van der Waals surface area contributed by atoms with Crippen LogP contribution in [0.4, 0.5) is 0 Å². The minimum Gasteiger partial charge on any atom is -0.621 e. The minimum absolute atomic E-state index is 0.439. The molecule has 0 radical (unpaired) electrons. The Hall–Kier alpha value is -3.27. The van der Waals surface area contributed by atoms with Crippen molar-refractivity contribution in [1.82, 2.24) is 0 Å². The zero-order valence-electron chi connectivity index (χ0n) is 14.1. The second-order valence-corrected chi connectivity index (χ2v) is 6.10. The summed E-state index contributed by atoms with van der Waals surface area (Å²) in [5.74, 6) is -0.462. The molecule has 0 aliphatic carbocycles. The molecule has 0 spiro atoms. The summed E-state index contributed by atoms with van der Waals surface area (Å²) >= 11 is 0. The van der Waals surface area contributed by atoms with Gasteiger partial charge < -0.3 is 5.21 Å². The zero-order chi connectivity index (χ0) is 17.9. The van der Waals surface area contributed by atoms with Crippen LogP contribution >= 0.6 is 0 Å². The van der Waals surface area contributed by atoms with E-state index in [1.807, 2.05) is 97.1 Å². The van der Waals surface area contributed by atoms with Crippen molar-refractivity contribution in [3.05, 3.63) is 119 Å². The summed E-state index contributed by atoms with van der Waals surface area (Å²) < 4.78 is 0. The summed E-state index contributed by atoms with van der Waals surface area (Å²) in [6.07, 6.45) is 1.84. The highest BCUT2D eigenvalue weighted by atomic mass is 16.5. The molecule has 3 nitrogen and oxygen atoms in total. The number of quaternary nitrogens is 1. The summed E-state index contributed by atoms with van der Waals surface area (Å²) in [5, 5.41) is 12.4. The average molecular weight is 339 g/mol. The maximum Gasteiger partial charge on any atom is 0.350 e. The fraction of sp³-hybridized carbons (Fsp3) is 0. The number of amides is 1. The highest BCUT2D eigenvalue weighted by molar-refractivity contribution is 6.27. The van der Waals surface area contributed by atoms with Crippen molar-refractivity contribution in [2.24, 2.45) is 0 Å². The maximum absolute atomic E-state index is 13.0. The molecule has 3 aromatic rings. The van der Waals surface area contributed by atoms with Gasteiger partial charge in [-0.3, -0.25) is 5.06 Å². The molecule has 3 heteroatoms. The van der Waals surface area contributed by atoms with Gasteiger partial charge in [0.1, 0.15) is 5.70 Å². The van der Waals surface area contributed by atoms with Crippen molar-refractivity contribution in [3.8, 4) is 0 Å². The minimum atomic E-state index is -0.463. The topological polar surface area (TPSA) is 44.6 Å². The predicted octanol–water partition coefficient (Wildman–Crippen LogP) is 3.56. The van der Waals surface area contributed by atoms with Crippen molar-refractivity contribution in [3.63, 3.8) is 0 Å². The number of hydroxylamine groups is 2. The largest absolute Gasteiger partial charge is 0.621 e. The van der Waals surface area contributed by atoms with Crippen LogP contribution in [-0.2, 0) is 4.79 Å². The first kappa shape index (κ1) is 16.2. The Morgan fingerprint density at radius 3 is 1.62 bits per heavy atom. The highest BCUT2D eigenvalue weighted by Crippen LogP contribution is 2.31. The van der Waals surface area contributed by atoms with Gasteiger partial charge >= 0.3 is 5.91 Å². The van der Waals surface area contributed by atoms with Crippen molar-refractivity contribution in [1.29, 1.82) is 0 Å². The molecule has 0 aromatic heterocycles. The summed E-state index contributed by atoms with van der Waals surface area (Å²) in [4.78, 5) is 13.0. The molecule has 126 valence electrons. The van der Waals surface area contributed by atoms with Crippen molar-refractivity contribution >= 4 is 22.8 Å². The summed E-state index contributed by atoms with van der Waals surface area (Å²) in [6.45, 7) is 0. The van der Waals surface area contributed by atoms with Crippen LogP contribution in [0.15, 0.2) is 97.1 Å². The molecular weight excluding hydrogens is 322 g/mol. The third-order valence-corrected chi connectivity index (χ3v) is 4.47. The van der Waals surface area contributed by atoms with Crippen molar-refractivity contribution in [2.45, 2.75) is 0 Å². The van der Waals surface area contributed by atoms with Crippen LogP contribution in [0.5, 0.6) is 0 Å². The Morgan fingerprint density at radius 1 is 0.615 bits per heavy atom. The normalized spacial score (nSPS) is 17.2. The molecule has 4 rings (SSSR count). The van der Waals surface area contributed by atoms with Crippen LogP contribution in [0.3, 0.4) is 0 Å². The molecule has 1 aliphatic rings. The van der Waals surface area contributed by atoms with Gasteiger partial charge in [0.15, 0.2) is 0 Å². The Bertz CT molecular complexity index is 990. The van der Waals surface area contributed by atoms with Crippen LogP contribution in [-0.4, -0.2) is 5.91 Å². The monoisotopic (exact) mass is 339 g/mol. The van der Waals surface area contributed by atoms with Gasteiger partial charge in [0, 0.05) is 17.2 Å². The lowest BCUT2D eigenvalue weighted by Crippen LogP contribution is -3.07. The Morgan fingerprint density at radius 2 is 1.08 bits per heavy atom. The summed E-state index contributed by atoms with van der Waals surface area (Å²) in [6, 6.07) is 28.4. The summed E-state index contributed by atoms with van der Waals surface area (Å²) in [7, 11) is 0. The van der Waals surface area contributed by atoms with Gasteiger partial charge in [-0.05, 0) is 23.3 Å². The van der Waals surface area contributed by atoms with E-state index in [0.717, 1.165) is 22.3 Å². The third-order valence-electron chi connectivity index (χ3n) is 4.47. The van der Waals surface area contributed by atoms with Crippen LogP contribution in [0.2, 0.25) is 0 Å². The quantitative estimate of drug-likeness (QED) is 0.742. The molecule has 1 unspecified atom stereocenters. The second-order valence-electron chi connectivity index (χ2n) is 6.10. The van der Waals surface area contributed by atoms with Gasteiger partial charge in [-0.1, -0.05) is 78.9 Å².